The van der Waals surface area contributed by atoms with Gasteiger partial charge >= 0.3 is 0 Å². The summed E-state index contributed by atoms with van der Waals surface area (Å²) in [6.45, 7) is 14.5. The topological polar surface area (TPSA) is 50.9 Å². The number of aromatic nitrogens is 3. The second-order valence-corrected chi connectivity index (χ2v) is 20.3. The molecular weight excluding hydrogens is 1030 g/mol. The van der Waals surface area contributed by atoms with Crippen LogP contribution in [0.1, 0.15) is 73.5 Å². The van der Waals surface area contributed by atoms with Gasteiger partial charge in [0.1, 0.15) is 11.6 Å². The van der Waals surface area contributed by atoms with Gasteiger partial charge in [-0.15, -0.1) is 29.3 Å². The van der Waals surface area contributed by atoms with E-state index in [1.54, 1.807) is 0 Å². The molecule has 0 saturated heterocycles. The molecule has 0 aliphatic carbocycles. The molecule has 0 fully saturated rings. The minimum Gasteiger partial charge on any atom is -0.507 e. The van der Waals surface area contributed by atoms with Gasteiger partial charge in [-0.1, -0.05) is 186 Å². The molecule has 0 atom stereocenters. The average Bonchev–Trinajstić information content (AvgIpc) is 3.76. The number of nitrogens with zero attached hydrogens (tertiary/aromatic N) is 3. The summed E-state index contributed by atoms with van der Waals surface area (Å²) in [6.07, 6.45) is 1.86. The maximum Gasteiger partial charge on any atom is 0.148 e. The van der Waals surface area contributed by atoms with Crippen LogP contribution in [0, 0.1) is 26.8 Å². The first-order chi connectivity index (χ1) is 34.3. The van der Waals surface area contributed by atoms with Crippen LogP contribution in [-0.2, 0) is 31.9 Å². The molecule has 0 bridgehead atoms. The molecule has 2 heterocycles. The summed E-state index contributed by atoms with van der Waals surface area (Å²) in [5, 5.41) is 11.9. The van der Waals surface area contributed by atoms with Crippen LogP contribution in [0.2, 0.25) is 0 Å². The van der Waals surface area contributed by atoms with E-state index in [1.807, 2.05) is 103 Å². The number of pyridine rings is 1. The van der Waals surface area contributed by atoms with E-state index < -0.39 is 6.85 Å². The maximum atomic E-state index is 11.9. The van der Waals surface area contributed by atoms with Gasteiger partial charge in [-0.25, -0.2) is 4.98 Å². The molecule has 70 heavy (non-hydrogen) atoms. The van der Waals surface area contributed by atoms with Crippen molar-refractivity contribution in [1.82, 2.24) is 14.5 Å². The molecule has 1 N–H and O–H groups in total. The first-order valence-corrected chi connectivity index (χ1v) is 23.7. The molecule has 8 aromatic carbocycles. The molecule has 350 valence electrons. The Morgan fingerprint density at radius 3 is 1.86 bits per heavy atom. The number of hydrogen-bond donors (Lipinski definition) is 1. The second-order valence-electron chi connectivity index (χ2n) is 20.3. The number of phenols is 1. The van der Waals surface area contributed by atoms with Gasteiger partial charge in [0.25, 0.3) is 0 Å². The van der Waals surface area contributed by atoms with Crippen LogP contribution in [0.25, 0.3) is 95.0 Å². The Labute approximate surface area is 432 Å². The normalized spacial score (nSPS) is 12.5. The van der Waals surface area contributed by atoms with Crippen molar-refractivity contribution in [1.29, 1.82) is 0 Å². The minimum atomic E-state index is -2.54. The Balaban J connectivity index is 0.00000656. The van der Waals surface area contributed by atoms with Crippen LogP contribution in [0.5, 0.6) is 5.75 Å². The number of aromatic hydroxyl groups is 1. The molecule has 0 aliphatic rings. The fourth-order valence-corrected chi connectivity index (χ4v) is 9.63. The van der Waals surface area contributed by atoms with Crippen LogP contribution in [0.4, 0.5) is 0 Å². The Bertz CT molecular complexity index is 3660. The molecule has 0 saturated carbocycles. The molecule has 0 aliphatic heterocycles. The van der Waals surface area contributed by atoms with Crippen molar-refractivity contribution in [3.05, 3.63) is 216 Å². The van der Waals surface area contributed by atoms with Crippen molar-refractivity contribution in [3.63, 3.8) is 0 Å². The SMILES string of the molecule is [2H]C([2H])([2H])c1cc(-c2c(-c3ccccc3)cccc2C(C)(C)C)ccc1-n1c(-c2cc(C)cc(C)c2O)nc2c(-c3[c-]c(-c4cc(-c5ccc(-c6ccccc6)cc5)ccn4)cc(C(C)(C)C)c3)cccc21.[Pt]. The van der Waals surface area contributed by atoms with Crippen LogP contribution in [-0.4, -0.2) is 19.6 Å². The van der Waals surface area contributed by atoms with Crippen LogP contribution < -0.4 is 0 Å². The van der Waals surface area contributed by atoms with Gasteiger partial charge in [-0.3, -0.25) is 9.55 Å². The number of imidazole rings is 1. The number of fused-ring (bicyclic) bond motifs is 1. The monoisotopic (exact) mass is 1090 g/mol. The van der Waals surface area contributed by atoms with Crippen LogP contribution in [0.3, 0.4) is 0 Å². The van der Waals surface area contributed by atoms with Crippen molar-refractivity contribution >= 4 is 11.0 Å². The van der Waals surface area contributed by atoms with Gasteiger partial charge in [0.05, 0.1) is 22.3 Å². The van der Waals surface area contributed by atoms with E-state index >= 15 is 0 Å². The summed E-state index contributed by atoms with van der Waals surface area (Å²) >= 11 is 0. The smallest absolute Gasteiger partial charge is 0.148 e. The summed E-state index contributed by atoms with van der Waals surface area (Å²) in [6, 6.07) is 63.6. The first-order valence-electron chi connectivity index (χ1n) is 25.2. The average molecular weight is 1100 g/mol. The fourth-order valence-electron chi connectivity index (χ4n) is 9.63. The van der Waals surface area contributed by atoms with E-state index in [1.165, 1.54) is 5.56 Å². The zero-order valence-corrected chi connectivity index (χ0v) is 43.2. The molecule has 5 heteroatoms. The van der Waals surface area contributed by atoms with Crippen molar-refractivity contribution < 1.29 is 30.3 Å². The van der Waals surface area contributed by atoms with Gasteiger partial charge in [0.2, 0.25) is 0 Å². The summed E-state index contributed by atoms with van der Waals surface area (Å²) in [4.78, 5) is 10.4. The Kier molecular flexibility index (Phi) is 12.0. The second kappa shape index (κ2) is 19.0. The third-order valence-electron chi connectivity index (χ3n) is 13.2. The number of aryl methyl sites for hydroxylation is 3. The summed E-state index contributed by atoms with van der Waals surface area (Å²) in [5.74, 6) is 0.515. The standard InChI is InChI=1S/C65H58N3O.Pt/c1-41-34-43(3)62(69)55(35-41)63-67-61-54(50-37-51(39-52(38-50)64(4,5)6)57-40-48(32-33-66-57)46-28-26-45(27-29-46)44-18-12-10-13-19-44)23-17-25-59(61)68(63)58-31-30-49(36-42(58)2)60-53(47-20-14-11-15-21-47)22-16-24-56(60)65(7,8)9;/h10-36,38-40,69H,1-9H3;/q-1;/i2D3;. The van der Waals surface area contributed by atoms with Gasteiger partial charge in [0, 0.05) is 37.1 Å². The largest absolute Gasteiger partial charge is 0.507 e. The third kappa shape index (κ3) is 9.21. The van der Waals surface area contributed by atoms with Crippen LogP contribution in [0.15, 0.2) is 182 Å². The van der Waals surface area contributed by atoms with E-state index in [0.29, 0.717) is 33.7 Å². The van der Waals surface area contributed by atoms with Crippen LogP contribution >= 0.6 is 0 Å². The Morgan fingerprint density at radius 2 is 1.17 bits per heavy atom. The van der Waals surface area contributed by atoms with Gasteiger partial charge in [0.15, 0.2) is 0 Å². The predicted octanol–water partition coefficient (Wildman–Crippen LogP) is 17.1. The molecule has 0 amide bonds. The van der Waals surface area contributed by atoms with Gasteiger partial charge in [-0.2, -0.15) is 0 Å². The van der Waals surface area contributed by atoms with E-state index in [4.69, 9.17) is 9.97 Å². The van der Waals surface area contributed by atoms with E-state index in [9.17, 15) is 9.22 Å². The minimum absolute atomic E-state index is 0. The Morgan fingerprint density at radius 1 is 0.543 bits per heavy atom. The number of phenolic OH excluding ortho intramolecular Hbond substituents is 1. The number of hydrogen-bond acceptors (Lipinski definition) is 3. The van der Waals surface area contributed by atoms with Crippen molar-refractivity contribution in [2.45, 2.75) is 73.1 Å². The van der Waals surface area contributed by atoms with Gasteiger partial charge in [-0.05, 0) is 129 Å². The number of para-hydroxylation sites is 1. The summed E-state index contributed by atoms with van der Waals surface area (Å²) < 4.78 is 29.5. The zero-order valence-electron chi connectivity index (χ0n) is 43.9. The van der Waals surface area contributed by atoms with Crippen molar-refractivity contribution in [3.8, 4) is 89.7 Å². The van der Waals surface area contributed by atoms with E-state index in [-0.39, 0.29) is 43.2 Å². The van der Waals surface area contributed by atoms with E-state index in [2.05, 4.69) is 145 Å². The third-order valence-corrected chi connectivity index (χ3v) is 13.2. The Hall–Kier alpha value is -7.13. The molecule has 10 aromatic rings. The molecule has 2 aromatic heterocycles. The molecule has 10 rings (SSSR count). The maximum absolute atomic E-state index is 11.9. The molecular formula is C65H58N3OPt-. The zero-order chi connectivity index (χ0) is 50.7. The number of rotatable bonds is 8. The summed E-state index contributed by atoms with van der Waals surface area (Å²) in [7, 11) is 0. The molecule has 4 nitrogen and oxygen atoms in total. The fraction of sp³-hybridized carbons (Fsp3) is 0.169. The predicted molar refractivity (Wildman–Crippen MR) is 289 cm³/mol. The van der Waals surface area contributed by atoms with E-state index in [0.717, 1.165) is 78.0 Å². The first kappa shape index (κ1) is 44.1. The molecule has 0 unspecified atom stereocenters. The van der Waals surface area contributed by atoms with Crippen molar-refractivity contribution in [2.75, 3.05) is 0 Å². The summed E-state index contributed by atoms with van der Waals surface area (Å²) in [5.41, 5.74) is 17.4. The van der Waals surface area contributed by atoms with Gasteiger partial charge < -0.3 is 5.11 Å². The van der Waals surface area contributed by atoms with Crippen molar-refractivity contribution in [2.24, 2.45) is 0 Å². The molecule has 0 radical (unpaired) electrons. The number of benzene rings is 8. The quantitative estimate of drug-likeness (QED) is 0.154. The molecule has 0 spiro atoms.